The molecule has 17 heavy (non-hydrogen) atoms. The molecule has 1 rings (SSSR count). The van der Waals surface area contributed by atoms with Gasteiger partial charge in [-0.05, 0) is 19.9 Å². The largest absolute Gasteiger partial charge is 0.392 e. The van der Waals surface area contributed by atoms with Crippen molar-refractivity contribution in [2.45, 2.75) is 20.5 Å². The number of anilines is 1. The Morgan fingerprint density at radius 2 is 1.94 bits per heavy atom. The van der Waals surface area contributed by atoms with Gasteiger partial charge in [-0.1, -0.05) is 18.2 Å². The van der Waals surface area contributed by atoms with Crippen LogP contribution in [0.2, 0.25) is 0 Å². The normalized spacial score (nSPS) is 10.1. The number of carbonyl (C=O) groups excluding carboxylic acids is 1. The van der Waals surface area contributed by atoms with Crippen LogP contribution in [-0.4, -0.2) is 35.5 Å². The van der Waals surface area contributed by atoms with Gasteiger partial charge in [-0.15, -0.1) is 0 Å². The number of aliphatic hydroxyl groups excluding tert-OH is 1. The molecule has 4 nitrogen and oxygen atoms in total. The number of likely N-dealkylation sites (N-methyl/N-ethyl adjacent to an activating group) is 1. The summed E-state index contributed by atoms with van der Waals surface area (Å²) in [5.41, 5.74) is 1.62. The molecule has 0 atom stereocenters. The van der Waals surface area contributed by atoms with E-state index in [4.69, 9.17) is 5.11 Å². The zero-order chi connectivity index (χ0) is 12.7. The number of rotatable bonds is 6. The van der Waals surface area contributed by atoms with Crippen LogP contribution in [0.15, 0.2) is 24.3 Å². The molecule has 0 bridgehead atoms. The summed E-state index contributed by atoms with van der Waals surface area (Å²) < 4.78 is 0. The van der Waals surface area contributed by atoms with Crippen molar-refractivity contribution in [1.29, 1.82) is 0 Å². The Morgan fingerprint density at radius 1 is 1.29 bits per heavy atom. The van der Waals surface area contributed by atoms with Gasteiger partial charge >= 0.3 is 0 Å². The van der Waals surface area contributed by atoms with Crippen molar-refractivity contribution in [2.75, 3.05) is 25.0 Å². The highest BCUT2D eigenvalue weighted by Gasteiger charge is 2.09. The second kappa shape index (κ2) is 6.91. The van der Waals surface area contributed by atoms with Crippen LogP contribution in [0, 0.1) is 0 Å². The molecule has 0 radical (unpaired) electrons. The Morgan fingerprint density at radius 3 is 2.53 bits per heavy atom. The van der Waals surface area contributed by atoms with Gasteiger partial charge in [0.1, 0.15) is 0 Å². The molecule has 2 N–H and O–H groups in total. The third-order valence-corrected chi connectivity index (χ3v) is 2.73. The summed E-state index contributed by atoms with van der Waals surface area (Å²) in [6.45, 7) is 5.60. The van der Waals surface area contributed by atoms with E-state index in [1.165, 1.54) is 0 Å². The molecular formula is C13H20N2O2. The van der Waals surface area contributed by atoms with E-state index in [1.807, 2.05) is 38.1 Å². The summed E-state index contributed by atoms with van der Waals surface area (Å²) >= 11 is 0. The lowest BCUT2D eigenvalue weighted by Crippen LogP contribution is -2.35. The van der Waals surface area contributed by atoms with Gasteiger partial charge in [-0.25, -0.2) is 0 Å². The number of hydrogen-bond donors (Lipinski definition) is 2. The zero-order valence-corrected chi connectivity index (χ0v) is 10.4. The summed E-state index contributed by atoms with van der Waals surface area (Å²) in [7, 11) is 0. The Hall–Kier alpha value is -1.55. The lowest BCUT2D eigenvalue weighted by molar-refractivity contribution is -0.128. The fourth-order valence-corrected chi connectivity index (χ4v) is 1.69. The number of para-hydroxylation sites is 1. The molecule has 0 aliphatic rings. The van der Waals surface area contributed by atoms with E-state index < -0.39 is 0 Å². The van der Waals surface area contributed by atoms with Gasteiger partial charge in [-0.2, -0.15) is 0 Å². The summed E-state index contributed by atoms with van der Waals surface area (Å²) in [6.07, 6.45) is 0. The van der Waals surface area contributed by atoms with E-state index in [-0.39, 0.29) is 19.1 Å². The molecule has 0 unspecified atom stereocenters. The maximum absolute atomic E-state index is 11.8. The summed E-state index contributed by atoms with van der Waals surface area (Å²) in [5, 5.41) is 12.2. The van der Waals surface area contributed by atoms with Crippen molar-refractivity contribution in [1.82, 2.24) is 4.90 Å². The first-order valence-corrected chi connectivity index (χ1v) is 5.93. The Kier molecular flexibility index (Phi) is 5.49. The highest BCUT2D eigenvalue weighted by molar-refractivity contribution is 5.81. The van der Waals surface area contributed by atoms with Gasteiger partial charge in [0, 0.05) is 24.3 Å². The minimum atomic E-state index is -0.0252. The number of hydrogen-bond acceptors (Lipinski definition) is 3. The summed E-state index contributed by atoms with van der Waals surface area (Å²) in [4.78, 5) is 13.6. The average Bonchev–Trinajstić information content (AvgIpc) is 2.38. The van der Waals surface area contributed by atoms with Crippen molar-refractivity contribution in [2.24, 2.45) is 0 Å². The van der Waals surface area contributed by atoms with Crippen LogP contribution in [0.3, 0.4) is 0 Å². The maximum atomic E-state index is 11.8. The van der Waals surface area contributed by atoms with Gasteiger partial charge in [-0.3, -0.25) is 4.79 Å². The van der Waals surface area contributed by atoms with Crippen LogP contribution in [0.5, 0.6) is 0 Å². The highest BCUT2D eigenvalue weighted by Crippen LogP contribution is 2.14. The lowest BCUT2D eigenvalue weighted by Gasteiger charge is -2.19. The van der Waals surface area contributed by atoms with Crippen molar-refractivity contribution in [3.05, 3.63) is 29.8 Å². The predicted molar refractivity (Wildman–Crippen MR) is 68.8 cm³/mol. The molecule has 0 aromatic heterocycles. The quantitative estimate of drug-likeness (QED) is 0.786. The third kappa shape index (κ3) is 3.75. The molecule has 0 aliphatic carbocycles. The van der Waals surface area contributed by atoms with Crippen LogP contribution in [-0.2, 0) is 11.4 Å². The Labute approximate surface area is 102 Å². The number of nitrogens with one attached hydrogen (secondary N) is 1. The average molecular weight is 236 g/mol. The SMILES string of the molecule is CCN(CC)C(=O)CNc1ccccc1CO. The standard InChI is InChI=1S/C13H20N2O2/c1-3-15(4-2)13(17)9-14-12-8-6-5-7-11(12)10-16/h5-8,14,16H,3-4,9-10H2,1-2H3. The fraction of sp³-hybridized carbons (Fsp3) is 0.462. The number of carbonyl (C=O) groups is 1. The molecule has 1 amide bonds. The molecule has 0 saturated heterocycles. The van der Waals surface area contributed by atoms with Crippen molar-refractivity contribution >= 4 is 11.6 Å². The first-order valence-electron chi connectivity index (χ1n) is 5.93. The first-order chi connectivity index (χ1) is 8.22. The molecule has 1 aromatic carbocycles. The van der Waals surface area contributed by atoms with Crippen molar-refractivity contribution in [3.63, 3.8) is 0 Å². The second-order valence-electron chi connectivity index (χ2n) is 3.73. The number of nitrogens with zero attached hydrogens (tertiary/aromatic N) is 1. The molecule has 0 saturated carbocycles. The first kappa shape index (κ1) is 13.5. The zero-order valence-electron chi connectivity index (χ0n) is 10.4. The monoisotopic (exact) mass is 236 g/mol. The van der Waals surface area contributed by atoms with E-state index in [0.717, 1.165) is 24.3 Å². The number of amides is 1. The van der Waals surface area contributed by atoms with Gasteiger partial charge in [0.25, 0.3) is 0 Å². The molecule has 0 aliphatic heterocycles. The summed E-state index contributed by atoms with van der Waals surface area (Å²) in [5.74, 6) is 0.0720. The van der Waals surface area contributed by atoms with E-state index in [0.29, 0.717) is 0 Å². The molecule has 0 fully saturated rings. The highest BCUT2D eigenvalue weighted by atomic mass is 16.3. The lowest BCUT2D eigenvalue weighted by atomic mass is 10.2. The minimum absolute atomic E-state index is 0.0252. The van der Waals surface area contributed by atoms with E-state index in [2.05, 4.69) is 5.32 Å². The fourth-order valence-electron chi connectivity index (χ4n) is 1.69. The van der Waals surface area contributed by atoms with Crippen LogP contribution in [0.25, 0.3) is 0 Å². The predicted octanol–water partition coefficient (Wildman–Crippen LogP) is 1.46. The van der Waals surface area contributed by atoms with Gasteiger partial charge in [0.05, 0.1) is 13.2 Å². The smallest absolute Gasteiger partial charge is 0.241 e. The molecule has 94 valence electrons. The molecule has 1 aromatic rings. The Bertz CT molecular complexity index is 362. The van der Waals surface area contributed by atoms with Crippen LogP contribution in [0.1, 0.15) is 19.4 Å². The van der Waals surface area contributed by atoms with Gasteiger partial charge < -0.3 is 15.3 Å². The second-order valence-corrected chi connectivity index (χ2v) is 3.73. The molecular weight excluding hydrogens is 216 g/mol. The molecule has 0 spiro atoms. The van der Waals surface area contributed by atoms with Crippen LogP contribution in [0.4, 0.5) is 5.69 Å². The van der Waals surface area contributed by atoms with Crippen LogP contribution < -0.4 is 5.32 Å². The van der Waals surface area contributed by atoms with E-state index >= 15 is 0 Å². The van der Waals surface area contributed by atoms with E-state index in [9.17, 15) is 4.79 Å². The van der Waals surface area contributed by atoms with Crippen molar-refractivity contribution in [3.8, 4) is 0 Å². The maximum Gasteiger partial charge on any atom is 0.241 e. The summed E-state index contributed by atoms with van der Waals surface area (Å²) in [6, 6.07) is 7.44. The Balaban J connectivity index is 2.58. The van der Waals surface area contributed by atoms with E-state index in [1.54, 1.807) is 4.90 Å². The number of benzene rings is 1. The topological polar surface area (TPSA) is 52.6 Å². The van der Waals surface area contributed by atoms with Gasteiger partial charge in [0.15, 0.2) is 0 Å². The number of aliphatic hydroxyl groups is 1. The molecule has 4 heteroatoms. The van der Waals surface area contributed by atoms with Crippen LogP contribution >= 0.6 is 0 Å². The van der Waals surface area contributed by atoms with Crippen molar-refractivity contribution < 1.29 is 9.90 Å². The molecule has 0 heterocycles. The minimum Gasteiger partial charge on any atom is -0.392 e. The van der Waals surface area contributed by atoms with Gasteiger partial charge in [0.2, 0.25) is 5.91 Å². The third-order valence-electron chi connectivity index (χ3n) is 2.73.